The molecule has 1 amide bonds. The third-order valence-corrected chi connectivity index (χ3v) is 3.02. The number of hydrogen-bond donors (Lipinski definition) is 3. The van der Waals surface area contributed by atoms with E-state index in [0.717, 1.165) is 31.9 Å². The largest absolute Gasteiger partial charge is 0.494 e. The topological polar surface area (TPSA) is 62.4 Å². The molecule has 0 radical (unpaired) electrons. The first kappa shape index (κ1) is 17.2. The van der Waals surface area contributed by atoms with Crippen LogP contribution in [0.2, 0.25) is 0 Å². The highest BCUT2D eigenvalue weighted by molar-refractivity contribution is 7.80. The number of ether oxygens (including phenoxy) is 1. The van der Waals surface area contributed by atoms with Crippen LogP contribution in [0, 0.1) is 5.82 Å². The van der Waals surface area contributed by atoms with Crippen molar-refractivity contribution in [2.75, 3.05) is 13.7 Å². The molecule has 0 heterocycles. The van der Waals surface area contributed by atoms with E-state index < -0.39 is 11.7 Å². The fraction of sp³-hybridized carbons (Fsp3) is 0.429. The van der Waals surface area contributed by atoms with Crippen LogP contribution in [0.15, 0.2) is 18.2 Å². The van der Waals surface area contributed by atoms with Gasteiger partial charge in [-0.25, -0.2) is 4.39 Å². The molecule has 1 rings (SSSR count). The number of thiocarbonyl (C=S) groups is 1. The average molecular weight is 313 g/mol. The van der Waals surface area contributed by atoms with Crippen molar-refractivity contribution in [2.24, 2.45) is 0 Å². The summed E-state index contributed by atoms with van der Waals surface area (Å²) in [5.41, 5.74) is 5.15. The lowest BCUT2D eigenvalue weighted by molar-refractivity contribution is 0.0943. The highest BCUT2D eigenvalue weighted by atomic mass is 32.1. The van der Waals surface area contributed by atoms with Crippen LogP contribution in [-0.2, 0) is 0 Å². The highest BCUT2D eigenvalue weighted by Gasteiger charge is 2.10. The lowest BCUT2D eigenvalue weighted by atomic mass is 10.2. The maximum Gasteiger partial charge on any atom is 0.269 e. The van der Waals surface area contributed by atoms with Crippen molar-refractivity contribution in [3.05, 3.63) is 29.6 Å². The number of rotatable bonds is 6. The Balaban J connectivity index is 2.39. The lowest BCUT2D eigenvalue weighted by Gasteiger charge is -2.11. The fourth-order valence-corrected chi connectivity index (χ4v) is 1.77. The van der Waals surface area contributed by atoms with E-state index in [1.54, 1.807) is 0 Å². The van der Waals surface area contributed by atoms with Crippen LogP contribution in [0.5, 0.6) is 5.75 Å². The molecule has 0 aliphatic carbocycles. The van der Waals surface area contributed by atoms with Crippen molar-refractivity contribution in [3.63, 3.8) is 0 Å². The zero-order chi connectivity index (χ0) is 15.7. The van der Waals surface area contributed by atoms with Crippen LogP contribution in [0.1, 0.15) is 36.5 Å². The van der Waals surface area contributed by atoms with E-state index in [1.807, 2.05) is 0 Å². The molecule has 0 saturated carbocycles. The smallest absolute Gasteiger partial charge is 0.269 e. The third kappa shape index (κ3) is 5.95. The Hall–Kier alpha value is -1.89. The minimum atomic E-state index is -0.592. The summed E-state index contributed by atoms with van der Waals surface area (Å²) in [4.78, 5) is 11.8. The van der Waals surface area contributed by atoms with Gasteiger partial charge in [-0.1, -0.05) is 19.8 Å². The van der Waals surface area contributed by atoms with Gasteiger partial charge in [-0.05, 0) is 36.8 Å². The molecule has 0 bridgehead atoms. The maximum atomic E-state index is 13.5. The molecule has 3 N–H and O–H groups in total. The molecule has 7 heteroatoms. The molecule has 0 aliphatic heterocycles. The summed E-state index contributed by atoms with van der Waals surface area (Å²) < 4.78 is 18.3. The zero-order valence-corrected chi connectivity index (χ0v) is 13.0. The first-order valence-electron chi connectivity index (χ1n) is 6.76. The molecule has 0 fully saturated rings. The number of hydrogen-bond acceptors (Lipinski definition) is 3. The molecule has 0 aromatic heterocycles. The lowest BCUT2D eigenvalue weighted by Crippen LogP contribution is -2.47. The molecule has 0 spiro atoms. The summed E-state index contributed by atoms with van der Waals surface area (Å²) in [7, 11) is 1.36. The average Bonchev–Trinajstić information content (AvgIpc) is 2.49. The predicted octanol–water partition coefficient (Wildman–Crippen LogP) is 2.13. The second-order valence-electron chi connectivity index (χ2n) is 4.39. The third-order valence-electron chi connectivity index (χ3n) is 2.77. The number of unbranched alkanes of at least 4 members (excludes halogenated alkanes) is 2. The Morgan fingerprint density at radius 3 is 2.71 bits per heavy atom. The van der Waals surface area contributed by atoms with Crippen molar-refractivity contribution >= 4 is 23.2 Å². The van der Waals surface area contributed by atoms with Gasteiger partial charge in [-0.3, -0.25) is 15.6 Å². The monoisotopic (exact) mass is 313 g/mol. The number of nitrogens with one attached hydrogen (secondary N) is 3. The molecule has 0 atom stereocenters. The van der Waals surface area contributed by atoms with Gasteiger partial charge < -0.3 is 10.1 Å². The van der Waals surface area contributed by atoms with Crippen LogP contribution in [0.3, 0.4) is 0 Å². The summed E-state index contributed by atoms with van der Waals surface area (Å²) in [6, 6.07) is 3.97. The van der Waals surface area contributed by atoms with Crippen molar-refractivity contribution in [1.82, 2.24) is 16.2 Å². The van der Waals surface area contributed by atoms with E-state index in [9.17, 15) is 9.18 Å². The molecular weight excluding hydrogens is 293 g/mol. The first-order valence-corrected chi connectivity index (χ1v) is 7.17. The number of carbonyl (C=O) groups is 1. The Morgan fingerprint density at radius 1 is 1.33 bits per heavy atom. The highest BCUT2D eigenvalue weighted by Crippen LogP contribution is 2.17. The van der Waals surface area contributed by atoms with Gasteiger partial charge in [0.1, 0.15) is 0 Å². The molecule has 5 nitrogen and oxygen atoms in total. The fourth-order valence-electron chi connectivity index (χ4n) is 1.61. The summed E-state index contributed by atoms with van der Waals surface area (Å²) in [6.45, 7) is 2.86. The van der Waals surface area contributed by atoms with Crippen molar-refractivity contribution in [3.8, 4) is 5.75 Å². The molecule has 0 saturated heterocycles. The molecule has 116 valence electrons. The van der Waals surface area contributed by atoms with Gasteiger partial charge in [0.25, 0.3) is 5.91 Å². The van der Waals surface area contributed by atoms with Gasteiger partial charge in [0.2, 0.25) is 0 Å². The Morgan fingerprint density at radius 2 is 2.10 bits per heavy atom. The van der Waals surface area contributed by atoms with E-state index in [-0.39, 0.29) is 11.3 Å². The minimum absolute atomic E-state index is 0.0904. The minimum Gasteiger partial charge on any atom is -0.494 e. The Bertz CT molecular complexity index is 497. The Kier molecular flexibility index (Phi) is 7.45. The van der Waals surface area contributed by atoms with Gasteiger partial charge in [0.15, 0.2) is 16.7 Å². The van der Waals surface area contributed by atoms with Crippen molar-refractivity contribution in [2.45, 2.75) is 26.2 Å². The number of benzene rings is 1. The molecule has 1 aromatic rings. The molecular formula is C14H20FN3O2S. The van der Waals surface area contributed by atoms with E-state index in [4.69, 9.17) is 17.0 Å². The first-order chi connectivity index (χ1) is 10.1. The van der Waals surface area contributed by atoms with Crippen LogP contribution in [0.4, 0.5) is 4.39 Å². The normalized spacial score (nSPS) is 9.86. The zero-order valence-electron chi connectivity index (χ0n) is 12.2. The number of amides is 1. The molecule has 0 aliphatic rings. The van der Waals surface area contributed by atoms with Gasteiger partial charge >= 0.3 is 0 Å². The summed E-state index contributed by atoms with van der Waals surface area (Å²) in [5, 5.41) is 3.29. The number of halogens is 1. The number of methoxy groups -OCH3 is 1. The van der Waals surface area contributed by atoms with Gasteiger partial charge in [-0.2, -0.15) is 0 Å². The van der Waals surface area contributed by atoms with Crippen LogP contribution in [-0.4, -0.2) is 24.7 Å². The number of carbonyl (C=O) groups excluding carboxylic acids is 1. The second kappa shape index (κ2) is 9.12. The second-order valence-corrected chi connectivity index (χ2v) is 4.80. The van der Waals surface area contributed by atoms with E-state index >= 15 is 0 Å². The van der Waals surface area contributed by atoms with E-state index in [0.29, 0.717) is 5.11 Å². The molecule has 0 unspecified atom stereocenters. The SMILES string of the molecule is CCCCCNC(=S)NNC(=O)c1ccc(OC)c(F)c1. The van der Waals surface area contributed by atoms with Crippen LogP contribution < -0.4 is 20.9 Å². The van der Waals surface area contributed by atoms with Gasteiger partial charge in [0, 0.05) is 12.1 Å². The van der Waals surface area contributed by atoms with Crippen LogP contribution >= 0.6 is 12.2 Å². The van der Waals surface area contributed by atoms with Crippen molar-refractivity contribution < 1.29 is 13.9 Å². The van der Waals surface area contributed by atoms with E-state index in [2.05, 4.69) is 23.1 Å². The van der Waals surface area contributed by atoms with Crippen LogP contribution in [0.25, 0.3) is 0 Å². The van der Waals surface area contributed by atoms with E-state index in [1.165, 1.54) is 19.2 Å². The van der Waals surface area contributed by atoms with Gasteiger partial charge in [-0.15, -0.1) is 0 Å². The van der Waals surface area contributed by atoms with Gasteiger partial charge in [0.05, 0.1) is 7.11 Å². The summed E-state index contributed by atoms with van der Waals surface area (Å²) in [6.07, 6.45) is 3.25. The summed E-state index contributed by atoms with van der Waals surface area (Å²) >= 11 is 5.01. The standard InChI is InChI=1S/C14H20FN3O2S/c1-3-4-5-8-16-14(21)18-17-13(19)10-6-7-12(20-2)11(15)9-10/h6-7,9H,3-5,8H2,1-2H3,(H,17,19)(H2,16,18,21). The summed E-state index contributed by atoms with van der Waals surface area (Å²) in [5.74, 6) is -0.979. The van der Waals surface area contributed by atoms with Crippen molar-refractivity contribution in [1.29, 1.82) is 0 Å². The number of hydrazine groups is 1. The predicted molar refractivity (Wildman–Crippen MR) is 83.7 cm³/mol. The maximum absolute atomic E-state index is 13.5. The quantitative estimate of drug-likeness (QED) is 0.427. The molecule has 1 aromatic carbocycles. The Labute approximate surface area is 129 Å². The molecule has 21 heavy (non-hydrogen) atoms.